The number of thiazole rings is 1. The van der Waals surface area contributed by atoms with Gasteiger partial charge in [0.2, 0.25) is 0 Å². The van der Waals surface area contributed by atoms with E-state index in [1.807, 2.05) is 12.1 Å². The highest BCUT2D eigenvalue weighted by atomic mass is 32.1. The van der Waals surface area contributed by atoms with Crippen molar-refractivity contribution in [3.05, 3.63) is 44.9 Å². The van der Waals surface area contributed by atoms with E-state index in [4.69, 9.17) is 10.5 Å². The normalized spacial score (nSPS) is 10.7. The summed E-state index contributed by atoms with van der Waals surface area (Å²) in [7, 11) is 0. The van der Waals surface area contributed by atoms with Gasteiger partial charge in [-0.05, 0) is 43.5 Å². The van der Waals surface area contributed by atoms with Crippen molar-refractivity contribution in [2.45, 2.75) is 40.3 Å². The first-order valence-electron chi connectivity index (χ1n) is 6.51. The fourth-order valence-corrected chi connectivity index (χ4v) is 3.04. The molecule has 0 spiro atoms. The number of rotatable bonds is 5. The monoisotopic (exact) mass is 276 g/mol. The van der Waals surface area contributed by atoms with Gasteiger partial charge in [-0.1, -0.05) is 13.0 Å². The molecule has 0 bridgehead atoms. The Morgan fingerprint density at radius 1 is 1.21 bits per heavy atom. The van der Waals surface area contributed by atoms with Gasteiger partial charge >= 0.3 is 0 Å². The Kier molecular flexibility index (Phi) is 4.56. The van der Waals surface area contributed by atoms with Crippen molar-refractivity contribution in [3.63, 3.8) is 0 Å². The molecule has 0 amide bonds. The number of aromatic nitrogens is 1. The minimum atomic E-state index is 0.514. The molecular weight excluding hydrogens is 256 g/mol. The first-order valence-corrected chi connectivity index (χ1v) is 7.32. The molecule has 1 aromatic carbocycles. The lowest BCUT2D eigenvalue weighted by molar-refractivity contribution is 0.305. The van der Waals surface area contributed by atoms with Gasteiger partial charge in [0.05, 0.1) is 5.69 Å². The third-order valence-electron chi connectivity index (χ3n) is 2.90. The third-order valence-corrected chi connectivity index (χ3v) is 3.99. The van der Waals surface area contributed by atoms with Crippen LogP contribution >= 0.6 is 11.3 Å². The van der Waals surface area contributed by atoms with Crippen molar-refractivity contribution in [1.82, 2.24) is 4.98 Å². The largest absolute Gasteiger partial charge is 0.486 e. The Bertz CT molecular complexity index is 522. The molecule has 4 heteroatoms. The Morgan fingerprint density at radius 2 is 1.89 bits per heavy atom. The summed E-state index contributed by atoms with van der Waals surface area (Å²) < 4.78 is 5.82. The zero-order chi connectivity index (χ0) is 13.8. The quantitative estimate of drug-likeness (QED) is 0.911. The molecule has 19 heavy (non-hydrogen) atoms. The van der Waals surface area contributed by atoms with E-state index in [9.17, 15) is 0 Å². The second kappa shape index (κ2) is 6.17. The lowest BCUT2D eigenvalue weighted by Crippen LogP contribution is -1.97. The molecule has 3 nitrogen and oxygen atoms in total. The lowest BCUT2D eigenvalue weighted by Gasteiger charge is -2.06. The van der Waals surface area contributed by atoms with Gasteiger partial charge < -0.3 is 10.5 Å². The van der Waals surface area contributed by atoms with Crippen molar-refractivity contribution in [1.29, 1.82) is 0 Å². The lowest BCUT2D eigenvalue weighted by atomic mass is 10.1. The van der Waals surface area contributed by atoms with Crippen LogP contribution in [0.15, 0.2) is 18.2 Å². The first kappa shape index (κ1) is 14.0. The van der Waals surface area contributed by atoms with Crippen LogP contribution in [-0.2, 0) is 19.6 Å². The molecule has 102 valence electrons. The average Bonchev–Trinajstić information content (AvgIpc) is 2.77. The second-order valence-electron chi connectivity index (χ2n) is 4.65. The number of nitrogens with two attached hydrogens (primary N) is 1. The summed E-state index contributed by atoms with van der Waals surface area (Å²) in [5.41, 5.74) is 9.25. The van der Waals surface area contributed by atoms with E-state index in [1.54, 1.807) is 11.3 Å². The van der Waals surface area contributed by atoms with Crippen LogP contribution in [0.25, 0.3) is 0 Å². The summed E-state index contributed by atoms with van der Waals surface area (Å²) in [5, 5.41) is 0.997. The molecule has 1 heterocycles. The summed E-state index contributed by atoms with van der Waals surface area (Å²) in [6.07, 6.45) is 0.923. The van der Waals surface area contributed by atoms with E-state index in [-0.39, 0.29) is 0 Å². The van der Waals surface area contributed by atoms with Crippen LogP contribution < -0.4 is 10.5 Å². The SMILES string of the molecule is CCc1nc(COc2cc(C)cc(C)c2)sc1CN. The molecule has 0 radical (unpaired) electrons. The molecule has 2 aromatic rings. The zero-order valence-corrected chi connectivity index (χ0v) is 12.5. The molecule has 0 saturated carbocycles. The van der Waals surface area contributed by atoms with Crippen molar-refractivity contribution in [2.75, 3.05) is 0 Å². The molecule has 0 saturated heterocycles. The predicted molar refractivity (Wildman–Crippen MR) is 79.6 cm³/mol. The van der Waals surface area contributed by atoms with Gasteiger partial charge in [-0.25, -0.2) is 4.98 Å². The summed E-state index contributed by atoms with van der Waals surface area (Å²) >= 11 is 1.65. The second-order valence-corrected chi connectivity index (χ2v) is 5.82. The number of ether oxygens (including phenoxy) is 1. The minimum Gasteiger partial charge on any atom is -0.486 e. The van der Waals surface area contributed by atoms with Crippen LogP contribution in [0.5, 0.6) is 5.75 Å². The van der Waals surface area contributed by atoms with Crippen molar-refractivity contribution >= 4 is 11.3 Å². The van der Waals surface area contributed by atoms with Crippen LogP contribution in [0.3, 0.4) is 0 Å². The number of hydrogen-bond donors (Lipinski definition) is 1. The summed E-state index contributed by atoms with van der Waals surface area (Å²) in [4.78, 5) is 5.74. The number of aryl methyl sites for hydroxylation is 3. The molecule has 2 rings (SSSR count). The van der Waals surface area contributed by atoms with Gasteiger partial charge in [-0.2, -0.15) is 0 Å². The fraction of sp³-hybridized carbons (Fsp3) is 0.400. The Balaban J connectivity index is 2.07. The molecule has 0 aliphatic carbocycles. The minimum absolute atomic E-state index is 0.514. The van der Waals surface area contributed by atoms with E-state index in [1.165, 1.54) is 16.0 Å². The van der Waals surface area contributed by atoms with Gasteiger partial charge in [0.15, 0.2) is 0 Å². The summed E-state index contributed by atoms with van der Waals surface area (Å²) in [6.45, 7) is 7.32. The van der Waals surface area contributed by atoms with E-state index in [0.717, 1.165) is 22.9 Å². The maximum absolute atomic E-state index is 5.82. The maximum Gasteiger partial charge on any atom is 0.140 e. The molecular formula is C15H20N2OS. The molecule has 0 unspecified atom stereocenters. The molecule has 0 aliphatic heterocycles. The Labute approximate surface area is 118 Å². The van der Waals surface area contributed by atoms with Crippen molar-refractivity contribution in [3.8, 4) is 5.75 Å². The topological polar surface area (TPSA) is 48.1 Å². The zero-order valence-electron chi connectivity index (χ0n) is 11.7. The smallest absolute Gasteiger partial charge is 0.140 e. The van der Waals surface area contributed by atoms with Crippen LogP contribution in [0.2, 0.25) is 0 Å². The predicted octanol–water partition coefficient (Wildman–Crippen LogP) is 3.36. The Hall–Kier alpha value is -1.39. The number of nitrogens with zero attached hydrogens (tertiary/aromatic N) is 1. The highest BCUT2D eigenvalue weighted by Crippen LogP contribution is 2.22. The summed E-state index contributed by atoms with van der Waals surface area (Å²) in [5.74, 6) is 0.903. The fourth-order valence-electron chi connectivity index (χ4n) is 2.10. The van der Waals surface area contributed by atoms with Gasteiger partial charge in [0.25, 0.3) is 0 Å². The molecule has 0 aliphatic rings. The highest BCUT2D eigenvalue weighted by Gasteiger charge is 2.09. The molecule has 1 aromatic heterocycles. The number of hydrogen-bond acceptors (Lipinski definition) is 4. The van der Waals surface area contributed by atoms with Crippen LogP contribution in [0.1, 0.15) is 33.6 Å². The van der Waals surface area contributed by atoms with Crippen LogP contribution in [-0.4, -0.2) is 4.98 Å². The van der Waals surface area contributed by atoms with Crippen molar-refractivity contribution < 1.29 is 4.74 Å². The van der Waals surface area contributed by atoms with Crippen LogP contribution in [0.4, 0.5) is 0 Å². The van der Waals surface area contributed by atoms with Gasteiger partial charge in [0.1, 0.15) is 17.4 Å². The van der Waals surface area contributed by atoms with E-state index >= 15 is 0 Å². The number of benzene rings is 1. The standard InChI is InChI=1S/C15H20N2OS/c1-4-13-14(8-16)19-15(17-13)9-18-12-6-10(2)5-11(3)7-12/h5-7H,4,8-9,16H2,1-3H3. The molecule has 2 N–H and O–H groups in total. The van der Waals surface area contributed by atoms with E-state index < -0.39 is 0 Å². The summed E-state index contributed by atoms with van der Waals surface area (Å²) in [6, 6.07) is 6.23. The van der Waals surface area contributed by atoms with Gasteiger partial charge in [-0.3, -0.25) is 0 Å². The van der Waals surface area contributed by atoms with E-state index in [0.29, 0.717) is 13.2 Å². The molecule has 0 fully saturated rings. The molecule has 0 atom stereocenters. The third kappa shape index (κ3) is 3.55. The highest BCUT2D eigenvalue weighted by molar-refractivity contribution is 7.11. The maximum atomic E-state index is 5.82. The Morgan fingerprint density at radius 3 is 2.42 bits per heavy atom. The average molecular weight is 276 g/mol. The van der Waals surface area contributed by atoms with Crippen molar-refractivity contribution in [2.24, 2.45) is 5.73 Å². The van der Waals surface area contributed by atoms with Crippen LogP contribution in [0, 0.1) is 13.8 Å². The van der Waals surface area contributed by atoms with E-state index in [2.05, 4.69) is 31.8 Å². The van der Waals surface area contributed by atoms with Gasteiger partial charge in [-0.15, -0.1) is 11.3 Å². The first-order chi connectivity index (χ1) is 9.12. The van der Waals surface area contributed by atoms with Gasteiger partial charge in [0, 0.05) is 11.4 Å².